The van der Waals surface area contributed by atoms with Crippen molar-refractivity contribution in [3.8, 4) is 11.3 Å². The second-order valence-electron chi connectivity index (χ2n) is 6.92. The topological polar surface area (TPSA) is 68.5 Å². The highest BCUT2D eigenvalue weighted by Crippen LogP contribution is 2.26. The van der Waals surface area contributed by atoms with E-state index in [1.807, 2.05) is 32.0 Å². The Morgan fingerprint density at radius 1 is 0.966 bits per heavy atom. The molecule has 0 aliphatic carbocycles. The molecule has 0 aliphatic heterocycles. The number of esters is 1. The zero-order valence-electron chi connectivity index (χ0n) is 16.4. The minimum absolute atomic E-state index is 0.106. The van der Waals surface area contributed by atoms with Crippen LogP contribution in [0.2, 0.25) is 0 Å². The fourth-order valence-corrected chi connectivity index (χ4v) is 2.87. The molecule has 1 N–H and O–H groups in total. The Bertz CT molecular complexity index is 1020. The molecule has 1 aromatic heterocycles. The van der Waals surface area contributed by atoms with Gasteiger partial charge in [0.2, 0.25) is 5.76 Å². The maximum absolute atomic E-state index is 13.9. The Morgan fingerprint density at radius 2 is 1.66 bits per heavy atom. The van der Waals surface area contributed by atoms with Crippen molar-refractivity contribution in [1.29, 1.82) is 0 Å². The van der Waals surface area contributed by atoms with Crippen molar-refractivity contribution in [2.45, 2.75) is 32.8 Å². The number of carbonyl (C=O) groups is 2. The first-order valence-corrected chi connectivity index (χ1v) is 9.32. The molecule has 0 unspecified atom stereocenters. The van der Waals surface area contributed by atoms with E-state index in [4.69, 9.17) is 9.15 Å². The molecule has 0 spiro atoms. The number of ether oxygens (including phenoxy) is 1. The molecule has 3 aromatic rings. The number of carbonyl (C=O) groups excluding carboxylic acids is 2. The van der Waals surface area contributed by atoms with E-state index in [0.29, 0.717) is 5.69 Å². The van der Waals surface area contributed by atoms with E-state index in [-0.39, 0.29) is 23.0 Å². The average molecular weight is 395 g/mol. The number of rotatable bonds is 6. The van der Waals surface area contributed by atoms with E-state index in [0.717, 1.165) is 5.56 Å². The number of hydrogen-bond acceptors (Lipinski definition) is 4. The summed E-state index contributed by atoms with van der Waals surface area (Å²) in [6, 6.07) is 16.4. The molecule has 0 aliphatic rings. The van der Waals surface area contributed by atoms with Gasteiger partial charge < -0.3 is 14.5 Å². The van der Waals surface area contributed by atoms with Crippen LogP contribution < -0.4 is 5.32 Å². The first-order valence-electron chi connectivity index (χ1n) is 9.32. The second kappa shape index (κ2) is 8.73. The molecule has 0 fully saturated rings. The predicted octanol–water partition coefficient (Wildman–Crippen LogP) is 5.39. The molecule has 3 rings (SSSR count). The van der Waals surface area contributed by atoms with Gasteiger partial charge in [-0.15, -0.1) is 0 Å². The van der Waals surface area contributed by atoms with Crippen molar-refractivity contribution < 1.29 is 23.1 Å². The van der Waals surface area contributed by atoms with Crippen LogP contribution in [0.1, 0.15) is 42.8 Å². The van der Waals surface area contributed by atoms with E-state index in [9.17, 15) is 14.0 Å². The van der Waals surface area contributed by atoms with Gasteiger partial charge in [-0.25, -0.2) is 9.18 Å². The van der Waals surface area contributed by atoms with Gasteiger partial charge in [-0.3, -0.25) is 4.79 Å². The van der Waals surface area contributed by atoms with Crippen LogP contribution in [0.3, 0.4) is 0 Å². The summed E-state index contributed by atoms with van der Waals surface area (Å²) in [6.07, 6.45) is -1.04. The molecule has 1 atom stereocenters. The lowest BCUT2D eigenvalue weighted by molar-refractivity contribution is -0.123. The highest BCUT2D eigenvalue weighted by Gasteiger charge is 2.23. The number of furan rings is 1. The lowest BCUT2D eigenvalue weighted by atomic mass is 10.0. The Morgan fingerprint density at radius 3 is 2.38 bits per heavy atom. The quantitative estimate of drug-likeness (QED) is 0.568. The van der Waals surface area contributed by atoms with Gasteiger partial charge in [0.1, 0.15) is 11.6 Å². The minimum Gasteiger partial charge on any atom is -0.449 e. The minimum atomic E-state index is -1.04. The molecule has 0 radical (unpaired) electrons. The lowest BCUT2D eigenvalue weighted by Crippen LogP contribution is -2.30. The van der Waals surface area contributed by atoms with Gasteiger partial charge in [-0.2, -0.15) is 0 Å². The molecule has 29 heavy (non-hydrogen) atoms. The largest absolute Gasteiger partial charge is 0.449 e. The monoisotopic (exact) mass is 395 g/mol. The summed E-state index contributed by atoms with van der Waals surface area (Å²) in [6.45, 7) is 5.53. The first kappa shape index (κ1) is 20.3. The van der Waals surface area contributed by atoms with Crippen molar-refractivity contribution in [2.75, 3.05) is 5.32 Å². The maximum Gasteiger partial charge on any atom is 0.375 e. The third-order valence-corrected chi connectivity index (χ3v) is 4.44. The molecule has 6 heteroatoms. The van der Waals surface area contributed by atoms with E-state index in [2.05, 4.69) is 5.32 Å². The van der Waals surface area contributed by atoms with Gasteiger partial charge in [0.05, 0.1) is 5.56 Å². The molecule has 5 nitrogen and oxygen atoms in total. The smallest absolute Gasteiger partial charge is 0.375 e. The van der Waals surface area contributed by atoms with Crippen LogP contribution in [0.4, 0.5) is 10.1 Å². The zero-order valence-corrected chi connectivity index (χ0v) is 16.4. The zero-order chi connectivity index (χ0) is 21.0. The highest BCUT2D eigenvalue weighted by atomic mass is 19.1. The molecule has 150 valence electrons. The molecule has 0 bridgehead atoms. The van der Waals surface area contributed by atoms with Crippen LogP contribution in [-0.2, 0) is 9.53 Å². The summed E-state index contributed by atoms with van der Waals surface area (Å²) in [5.41, 5.74) is 1.90. The average Bonchev–Trinajstić information content (AvgIpc) is 3.18. The van der Waals surface area contributed by atoms with E-state index >= 15 is 0 Å². The highest BCUT2D eigenvalue weighted by molar-refractivity contribution is 5.97. The van der Waals surface area contributed by atoms with Gasteiger partial charge in [-0.1, -0.05) is 44.2 Å². The summed E-state index contributed by atoms with van der Waals surface area (Å²) in [5, 5.41) is 2.79. The maximum atomic E-state index is 13.9. The van der Waals surface area contributed by atoms with Crippen molar-refractivity contribution in [3.63, 3.8) is 0 Å². The number of halogens is 1. The van der Waals surface area contributed by atoms with Crippen molar-refractivity contribution in [2.24, 2.45) is 0 Å². The van der Waals surface area contributed by atoms with E-state index in [1.165, 1.54) is 25.1 Å². The van der Waals surface area contributed by atoms with Gasteiger partial charge in [0.25, 0.3) is 5.91 Å². The van der Waals surface area contributed by atoms with Gasteiger partial charge in [-0.05, 0) is 48.7 Å². The number of hydrogen-bond donors (Lipinski definition) is 1. The van der Waals surface area contributed by atoms with Gasteiger partial charge >= 0.3 is 5.97 Å². The third-order valence-electron chi connectivity index (χ3n) is 4.44. The molecular formula is C23H22FNO4. The van der Waals surface area contributed by atoms with Gasteiger partial charge in [0.15, 0.2) is 6.10 Å². The molecule has 1 amide bonds. The van der Waals surface area contributed by atoms with Gasteiger partial charge in [0, 0.05) is 5.69 Å². The second-order valence-corrected chi connectivity index (χ2v) is 6.92. The van der Waals surface area contributed by atoms with Crippen LogP contribution in [0, 0.1) is 5.82 Å². The Balaban J connectivity index is 1.67. The third kappa shape index (κ3) is 4.71. The Hall–Kier alpha value is -3.41. The summed E-state index contributed by atoms with van der Waals surface area (Å²) < 4.78 is 24.5. The van der Waals surface area contributed by atoms with Crippen LogP contribution in [0.5, 0.6) is 0 Å². The van der Waals surface area contributed by atoms with Crippen LogP contribution >= 0.6 is 0 Å². The summed E-state index contributed by atoms with van der Waals surface area (Å²) in [5.74, 6) is -1.38. The fourth-order valence-electron chi connectivity index (χ4n) is 2.87. The first-order chi connectivity index (χ1) is 13.9. The van der Waals surface area contributed by atoms with E-state index < -0.39 is 23.8 Å². The summed E-state index contributed by atoms with van der Waals surface area (Å²) in [7, 11) is 0. The van der Waals surface area contributed by atoms with Crippen molar-refractivity contribution in [1.82, 2.24) is 0 Å². The number of nitrogens with one attached hydrogen (secondary N) is 1. The predicted molar refractivity (Wildman–Crippen MR) is 108 cm³/mol. The molecular weight excluding hydrogens is 373 g/mol. The Labute approximate surface area is 168 Å². The number of amides is 1. The lowest BCUT2D eigenvalue weighted by Gasteiger charge is -2.16. The number of para-hydroxylation sites is 1. The Kier molecular flexibility index (Phi) is 6.12. The molecule has 1 heterocycles. The van der Waals surface area contributed by atoms with Crippen molar-refractivity contribution >= 4 is 17.6 Å². The SMILES string of the molecule is CC(C)c1ccccc1NC(=O)[C@@H](C)OC(=O)c1ccc(-c2ccccc2F)o1. The van der Waals surface area contributed by atoms with Crippen LogP contribution in [0.15, 0.2) is 65.1 Å². The number of anilines is 1. The summed E-state index contributed by atoms with van der Waals surface area (Å²) >= 11 is 0. The number of benzene rings is 2. The molecule has 2 aromatic carbocycles. The van der Waals surface area contributed by atoms with Crippen LogP contribution in [0.25, 0.3) is 11.3 Å². The summed E-state index contributed by atoms with van der Waals surface area (Å²) in [4.78, 5) is 24.8. The standard InChI is InChI=1S/C23H22FNO4/c1-14(2)16-8-5-7-11-19(16)25-22(26)15(3)28-23(27)21-13-12-20(29-21)17-9-4-6-10-18(17)24/h4-15H,1-3H3,(H,25,26)/t15-/m1/s1. The van der Waals surface area contributed by atoms with E-state index in [1.54, 1.807) is 24.3 Å². The molecule has 0 saturated heterocycles. The van der Waals surface area contributed by atoms with Crippen LogP contribution in [-0.4, -0.2) is 18.0 Å². The van der Waals surface area contributed by atoms with Crippen molar-refractivity contribution in [3.05, 3.63) is 77.8 Å². The fraction of sp³-hybridized carbons (Fsp3) is 0.217. The molecule has 0 saturated carbocycles. The normalized spacial score (nSPS) is 11.9.